The Bertz CT molecular complexity index is 497. The van der Waals surface area contributed by atoms with E-state index in [1.807, 2.05) is 6.92 Å². The number of benzene rings is 1. The zero-order valence-electron chi connectivity index (χ0n) is 11.8. The highest BCUT2D eigenvalue weighted by Gasteiger charge is 2.30. The molecule has 2 atom stereocenters. The molecule has 5 nitrogen and oxygen atoms in total. The van der Waals surface area contributed by atoms with Gasteiger partial charge in [0.15, 0.2) is 0 Å². The lowest BCUT2D eigenvalue weighted by Gasteiger charge is -2.27. The predicted octanol–water partition coefficient (Wildman–Crippen LogP) is 2.03. The minimum absolute atomic E-state index is 0.128. The standard InChI is InChI=1S/C15H20O5/c1-3-4-10(16)7-12-6-9-5-11(19-2)8-13(17)14(9)15(18)20-12/h5,8,10,12,16-17H,3-4,6-7H2,1-2H3/t10-,12+/m0/s1. The minimum Gasteiger partial charge on any atom is -0.507 e. The number of aliphatic hydroxyl groups excluding tert-OH is 1. The molecule has 0 aromatic heterocycles. The Labute approximate surface area is 118 Å². The molecule has 0 saturated carbocycles. The van der Waals surface area contributed by atoms with Gasteiger partial charge in [-0.3, -0.25) is 0 Å². The van der Waals surface area contributed by atoms with E-state index in [0.717, 1.165) is 6.42 Å². The van der Waals surface area contributed by atoms with E-state index >= 15 is 0 Å². The highest BCUT2D eigenvalue weighted by Crippen LogP contribution is 2.33. The molecule has 1 aromatic carbocycles. The van der Waals surface area contributed by atoms with E-state index in [2.05, 4.69) is 0 Å². The van der Waals surface area contributed by atoms with Crippen molar-refractivity contribution in [3.8, 4) is 11.5 Å². The van der Waals surface area contributed by atoms with Gasteiger partial charge in [-0.05, 0) is 18.1 Å². The van der Waals surface area contributed by atoms with E-state index in [1.54, 1.807) is 6.07 Å². The van der Waals surface area contributed by atoms with Crippen molar-refractivity contribution in [3.63, 3.8) is 0 Å². The SMILES string of the molecule is CCC[C@H](O)C[C@H]1Cc2cc(OC)cc(O)c2C(=O)O1. The van der Waals surface area contributed by atoms with E-state index in [4.69, 9.17) is 9.47 Å². The van der Waals surface area contributed by atoms with Crippen molar-refractivity contribution in [2.75, 3.05) is 7.11 Å². The second-order valence-electron chi connectivity index (χ2n) is 5.09. The second-order valence-corrected chi connectivity index (χ2v) is 5.09. The predicted molar refractivity (Wildman–Crippen MR) is 73.1 cm³/mol. The first-order valence-electron chi connectivity index (χ1n) is 6.84. The topological polar surface area (TPSA) is 76.0 Å². The molecule has 0 aliphatic carbocycles. The third-order valence-corrected chi connectivity index (χ3v) is 3.49. The maximum atomic E-state index is 12.0. The fraction of sp³-hybridized carbons (Fsp3) is 0.533. The number of esters is 1. The number of ether oxygens (including phenoxy) is 2. The summed E-state index contributed by atoms with van der Waals surface area (Å²) in [5.74, 6) is -0.166. The minimum atomic E-state index is -0.542. The molecule has 0 unspecified atom stereocenters. The van der Waals surface area contributed by atoms with Crippen molar-refractivity contribution >= 4 is 5.97 Å². The van der Waals surface area contributed by atoms with Crippen LogP contribution in [0.4, 0.5) is 0 Å². The molecule has 0 fully saturated rings. The number of phenolic OH excluding ortho intramolecular Hbond substituents is 1. The number of fused-ring (bicyclic) bond motifs is 1. The molecule has 0 saturated heterocycles. The summed E-state index contributed by atoms with van der Waals surface area (Å²) in [6.45, 7) is 1.99. The van der Waals surface area contributed by atoms with E-state index in [0.29, 0.717) is 30.6 Å². The van der Waals surface area contributed by atoms with Crippen LogP contribution in [0.2, 0.25) is 0 Å². The third-order valence-electron chi connectivity index (χ3n) is 3.49. The average Bonchev–Trinajstić information content (AvgIpc) is 2.37. The number of carbonyl (C=O) groups excluding carboxylic acids is 1. The number of aliphatic hydroxyl groups is 1. The summed E-state index contributed by atoms with van der Waals surface area (Å²) >= 11 is 0. The van der Waals surface area contributed by atoms with Crippen molar-refractivity contribution in [2.24, 2.45) is 0 Å². The van der Waals surface area contributed by atoms with Crippen LogP contribution in [0.1, 0.15) is 42.1 Å². The largest absolute Gasteiger partial charge is 0.507 e. The van der Waals surface area contributed by atoms with Crippen LogP contribution in [0.5, 0.6) is 11.5 Å². The molecule has 1 aliphatic rings. The van der Waals surface area contributed by atoms with E-state index in [-0.39, 0.29) is 17.4 Å². The fourth-order valence-corrected chi connectivity index (χ4v) is 2.55. The smallest absolute Gasteiger partial charge is 0.342 e. The van der Waals surface area contributed by atoms with Crippen LogP contribution >= 0.6 is 0 Å². The van der Waals surface area contributed by atoms with Crippen molar-refractivity contribution < 1.29 is 24.5 Å². The number of aromatic hydroxyl groups is 1. The number of rotatable bonds is 5. The highest BCUT2D eigenvalue weighted by atomic mass is 16.5. The van der Waals surface area contributed by atoms with Crippen LogP contribution in [0.25, 0.3) is 0 Å². The van der Waals surface area contributed by atoms with Crippen molar-refractivity contribution in [2.45, 2.75) is 44.8 Å². The lowest BCUT2D eigenvalue weighted by molar-refractivity contribution is 0.00880. The number of carbonyl (C=O) groups is 1. The molecule has 1 aromatic rings. The Morgan fingerprint density at radius 2 is 2.25 bits per heavy atom. The Hall–Kier alpha value is -1.75. The molecule has 2 N–H and O–H groups in total. The molecule has 5 heteroatoms. The van der Waals surface area contributed by atoms with Crippen LogP contribution in [0, 0.1) is 0 Å². The number of hydrogen-bond donors (Lipinski definition) is 2. The number of phenols is 1. The normalized spacial score (nSPS) is 19.1. The summed E-state index contributed by atoms with van der Waals surface area (Å²) in [6, 6.07) is 3.13. The molecule has 0 spiro atoms. The molecule has 0 radical (unpaired) electrons. The molecular formula is C15H20O5. The fourth-order valence-electron chi connectivity index (χ4n) is 2.55. The zero-order valence-corrected chi connectivity index (χ0v) is 11.8. The van der Waals surface area contributed by atoms with Crippen LogP contribution in [0.15, 0.2) is 12.1 Å². The maximum absolute atomic E-state index is 12.0. The van der Waals surface area contributed by atoms with Crippen LogP contribution in [0.3, 0.4) is 0 Å². The Kier molecular flexibility index (Phi) is 4.49. The lowest BCUT2D eigenvalue weighted by Crippen LogP contribution is -2.31. The van der Waals surface area contributed by atoms with Crippen LogP contribution in [-0.2, 0) is 11.2 Å². The number of cyclic esters (lactones) is 1. The summed E-state index contributed by atoms with van der Waals surface area (Å²) in [5, 5.41) is 19.7. The van der Waals surface area contributed by atoms with Gasteiger partial charge in [0.25, 0.3) is 0 Å². The van der Waals surface area contributed by atoms with Crippen LogP contribution < -0.4 is 4.74 Å². The lowest BCUT2D eigenvalue weighted by atomic mass is 9.94. The summed E-state index contributed by atoms with van der Waals surface area (Å²) in [4.78, 5) is 12.0. The van der Waals surface area contributed by atoms with E-state index in [9.17, 15) is 15.0 Å². The molecular weight excluding hydrogens is 260 g/mol. The molecule has 110 valence electrons. The molecule has 2 rings (SSSR count). The van der Waals surface area contributed by atoms with Gasteiger partial charge in [-0.1, -0.05) is 13.3 Å². The first-order valence-corrected chi connectivity index (χ1v) is 6.84. The quantitative estimate of drug-likeness (QED) is 0.807. The van der Waals surface area contributed by atoms with Gasteiger partial charge in [0.2, 0.25) is 0 Å². The zero-order chi connectivity index (χ0) is 14.7. The van der Waals surface area contributed by atoms with Gasteiger partial charge in [-0.25, -0.2) is 4.79 Å². The van der Waals surface area contributed by atoms with Gasteiger partial charge in [0.1, 0.15) is 23.2 Å². The maximum Gasteiger partial charge on any atom is 0.342 e. The molecule has 1 heterocycles. The Balaban J connectivity index is 2.20. The van der Waals surface area contributed by atoms with Gasteiger partial charge in [0.05, 0.1) is 13.2 Å². The van der Waals surface area contributed by atoms with Gasteiger partial charge >= 0.3 is 5.97 Å². The summed E-state index contributed by atoms with van der Waals surface area (Å²) < 4.78 is 10.4. The highest BCUT2D eigenvalue weighted by molar-refractivity contribution is 5.95. The van der Waals surface area contributed by atoms with E-state index in [1.165, 1.54) is 13.2 Å². The van der Waals surface area contributed by atoms with Crippen molar-refractivity contribution in [1.82, 2.24) is 0 Å². The van der Waals surface area contributed by atoms with Crippen molar-refractivity contribution in [3.05, 3.63) is 23.3 Å². The summed E-state index contributed by atoms with van der Waals surface area (Å²) in [5.41, 5.74) is 0.902. The first kappa shape index (κ1) is 14.7. The molecule has 0 amide bonds. The summed E-state index contributed by atoms with van der Waals surface area (Å²) in [7, 11) is 1.50. The van der Waals surface area contributed by atoms with Gasteiger partial charge in [-0.2, -0.15) is 0 Å². The first-order chi connectivity index (χ1) is 9.55. The molecule has 0 bridgehead atoms. The Morgan fingerprint density at radius 3 is 2.90 bits per heavy atom. The van der Waals surface area contributed by atoms with Gasteiger partial charge < -0.3 is 19.7 Å². The van der Waals surface area contributed by atoms with E-state index < -0.39 is 12.1 Å². The number of hydrogen-bond acceptors (Lipinski definition) is 5. The molecule has 1 aliphatic heterocycles. The molecule has 20 heavy (non-hydrogen) atoms. The average molecular weight is 280 g/mol. The second kappa shape index (κ2) is 6.13. The Morgan fingerprint density at radius 1 is 1.50 bits per heavy atom. The monoisotopic (exact) mass is 280 g/mol. The number of methoxy groups -OCH3 is 1. The van der Waals surface area contributed by atoms with Gasteiger partial charge in [0, 0.05) is 18.9 Å². The van der Waals surface area contributed by atoms with Crippen molar-refractivity contribution in [1.29, 1.82) is 0 Å². The van der Waals surface area contributed by atoms with Crippen LogP contribution in [-0.4, -0.2) is 35.5 Å². The third kappa shape index (κ3) is 3.04. The van der Waals surface area contributed by atoms with Gasteiger partial charge in [-0.15, -0.1) is 0 Å². The summed E-state index contributed by atoms with van der Waals surface area (Å²) in [6.07, 6.45) is 1.63.